The molecular weight excluding hydrogens is 334 g/mol. The maximum Gasteiger partial charge on any atom is 0.193 e. The van der Waals surface area contributed by atoms with Crippen LogP contribution in [0, 0.1) is 0 Å². The molecule has 2 N–H and O–H groups in total. The first kappa shape index (κ1) is 17.0. The van der Waals surface area contributed by atoms with E-state index in [0.29, 0.717) is 23.2 Å². The molecule has 4 rings (SSSR count). The number of nitrogens with two attached hydrogens (primary N) is 1. The third-order valence-electron chi connectivity index (χ3n) is 4.86. The average Bonchev–Trinajstić information content (AvgIpc) is 3.16. The van der Waals surface area contributed by atoms with Gasteiger partial charge in [-0.25, -0.2) is 0 Å². The van der Waals surface area contributed by atoms with E-state index in [9.17, 15) is 9.59 Å². The molecule has 132 valence electrons. The number of ketones is 2. The Hall–Kier alpha value is -3.46. The van der Waals surface area contributed by atoms with Crippen molar-refractivity contribution in [3.63, 3.8) is 0 Å². The monoisotopic (exact) mass is 353 g/mol. The van der Waals surface area contributed by atoms with Gasteiger partial charge in [-0.05, 0) is 53.4 Å². The molecular formula is C24H19NO2. The van der Waals surface area contributed by atoms with Crippen LogP contribution in [0.2, 0.25) is 0 Å². The van der Waals surface area contributed by atoms with Gasteiger partial charge in [0.25, 0.3) is 0 Å². The largest absolute Gasteiger partial charge is 0.399 e. The SMILES string of the molecule is Nc1ccc(C(=O)c2ccc(CC(=O)c3ccc4c(c3)C=CC4)cc2)cc1. The molecule has 0 saturated heterocycles. The molecule has 0 bridgehead atoms. The van der Waals surface area contributed by atoms with Crippen molar-refractivity contribution in [1.82, 2.24) is 0 Å². The van der Waals surface area contributed by atoms with E-state index in [1.807, 2.05) is 30.3 Å². The van der Waals surface area contributed by atoms with Crippen LogP contribution in [0.1, 0.15) is 43.0 Å². The van der Waals surface area contributed by atoms with Crippen molar-refractivity contribution in [3.05, 3.63) is 106 Å². The van der Waals surface area contributed by atoms with E-state index >= 15 is 0 Å². The fourth-order valence-electron chi connectivity index (χ4n) is 3.28. The maximum atomic E-state index is 12.6. The zero-order valence-corrected chi connectivity index (χ0v) is 14.8. The lowest BCUT2D eigenvalue weighted by molar-refractivity contribution is 0.0992. The van der Waals surface area contributed by atoms with Gasteiger partial charge in [-0.15, -0.1) is 0 Å². The molecule has 0 radical (unpaired) electrons. The number of hydrogen-bond acceptors (Lipinski definition) is 3. The van der Waals surface area contributed by atoms with Crippen molar-refractivity contribution in [1.29, 1.82) is 0 Å². The summed E-state index contributed by atoms with van der Waals surface area (Å²) in [5.74, 6) is 0.0222. The van der Waals surface area contributed by atoms with E-state index in [4.69, 9.17) is 5.73 Å². The van der Waals surface area contributed by atoms with E-state index < -0.39 is 0 Å². The quantitative estimate of drug-likeness (QED) is 0.543. The number of allylic oxidation sites excluding steroid dienone is 1. The molecule has 27 heavy (non-hydrogen) atoms. The number of rotatable bonds is 5. The summed E-state index contributed by atoms with van der Waals surface area (Å²) in [6.07, 6.45) is 5.42. The molecule has 3 heteroatoms. The molecule has 0 fully saturated rings. The van der Waals surface area contributed by atoms with Crippen molar-refractivity contribution < 1.29 is 9.59 Å². The summed E-state index contributed by atoms with van der Waals surface area (Å²) in [5.41, 5.74) is 11.5. The lowest BCUT2D eigenvalue weighted by Crippen LogP contribution is -2.05. The number of carbonyl (C=O) groups is 2. The van der Waals surface area contributed by atoms with Gasteiger partial charge in [0.2, 0.25) is 0 Å². The Labute approximate surface area is 158 Å². The molecule has 3 nitrogen and oxygen atoms in total. The Kier molecular flexibility index (Phi) is 4.43. The van der Waals surface area contributed by atoms with Crippen LogP contribution in [0.3, 0.4) is 0 Å². The first-order chi connectivity index (χ1) is 13.1. The molecule has 0 heterocycles. The third-order valence-corrected chi connectivity index (χ3v) is 4.86. The number of carbonyl (C=O) groups excluding carboxylic acids is 2. The van der Waals surface area contributed by atoms with Gasteiger partial charge in [0.15, 0.2) is 11.6 Å². The number of nitrogen functional groups attached to an aromatic ring is 1. The van der Waals surface area contributed by atoms with Gasteiger partial charge < -0.3 is 5.73 Å². The molecule has 0 aromatic heterocycles. The van der Waals surface area contributed by atoms with Gasteiger partial charge in [0.05, 0.1) is 0 Å². The predicted octanol–water partition coefficient (Wildman–Crippen LogP) is 4.49. The standard InChI is InChI=1S/C24H19NO2/c25-22-12-10-19(11-13-22)24(27)18-6-4-16(5-7-18)14-23(26)21-9-8-17-2-1-3-20(17)15-21/h1,3-13,15H,2,14,25H2. The molecule has 1 aliphatic carbocycles. The fraction of sp³-hybridized carbons (Fsp3) is 0.0833. The number of fused-ring (bicyclic) bond motifs is 1. The highest BCUT2D eigenvalue weighted by Crippen LogP contribution is 2.22. The van der Waals surface area contributed by atoms with Gasteiger partial charge in [-0.1, -0.05) is 48.6 Å². The topological polar surface area (TPSA) is 60.2 Å². The van der Waals surface area contributed by atoms with Crippen molar-refractivity contribution in [2.24, 2.45) is 0 Å². The minimum Gasteiger partial charge on any atom is -0.399 e. The van der Waals surface area contributed by atoms with Crippen molar-refractivity contribution in [2.45, 2.75) is 12.8 Å². The van der Waals surface area contributed by atoms with E-state index in [1.54, 1.807) is 36.4 Å². The lowest BCUT2D eigenvalue weighted by atomic mass is 9.97. The smallest absolute Gasteiger partial charge is 0.193 e. The second kappa shape index (κ2) is 7.04. The van der Waals surface area contributed by atoms with Gasteiger partial charge >= 0.3 is 0 Å². The van der Waals surface area contributed by atoms with E-state index in [2.05, 4.69) is 12.2 Å². The molecule has 0 saturated carbocycles. The molecule has 1 aliphatic rings. The Morgan fingerprint density at radius 1 is 0.815 bits per heavy atom. The molecule has 0 amide bonds. The number of benzene rings is 3. The molecule has 3 aromatic rings. The molecule has 0 aliphatic heterocycles. The van der Waals surface area contributed by atoms with Crippen LogP contribution >= 0.6 is 0 Å². The number of Topliss-reactive ketones (excluding diaryl/α,β-unsaturated/α-hetero) is 1. The first-order valence-corrected chi connectivity index (χ1v) is 8.92. The third kappa shape index (κ3) is 3.58. The van der Waals surface area contributed by atoms with Crippen LogP contribution in [-0.2, 0) is 12.8 Å². The van der Waals surface area contributed by atoms with Crippen LogP contribution in [0.4, 0.5) is 5.69 Å². The highest BCUT2D eigenvalue weighted by atomic mass is 16.1. The van der Waals surface area contributed by atoms with Gasteiger partial charge in [0, 0.05) is 28.8 Å². The number of anilines is 1. The summed E-state index contributed by atoms with van der Waals surface area (Å²) in [6, 6.07) is 20.0. The molecule has 0 spiro atoms. The number of hydrogen-bond donors (Lipinski definition) is 1. The minimum atomic E-state index is -0.0571. The van der Waals surface area contributed by atoms with E-state index in [0.717, 1.165) is 23.1 Å². The Morgan fingerprint density at radius 3 is 2.15 bits per heavy atom. The minimum absolute atomic E-state index is 0.0571. The van der Waals surface area contributed by atoms with Crippen LogP contribution in [-0.4, -0.2) is 11.6 Å². The Morgan fingerprint density at radius 2 is 1.44 bits per heavy atom. The Bertz CT molecular complexity index is 1040. The predicted molar refractivity (Wildman–Crippen MR) is 108 cm³/mol. The molecule has 3 aromatic carbocycles. The van der Waals surface area contributed by atoms with Crippen LogP contribution in [0.15, 0.2) is 72.8 Å². The molecule has 0 atom stereocenters. The van der Waals surface area contributed by atoms with Crippen LogP contribution in [0.5, 0.6) is 0 Å². The van der Waals surface area contributed by atoms with Crippen LogP contribution < -0.4 is 5.73 Å². The fourth-order valence-corrected chi connectivity index (χ4v) is 3.28. The van der Waals surface area contributed by atoms with E-state index in [-0.39, 0.29) is 11.6 Å². The van der Waals surface area contributed by atoms with Crippen LogP contribution in [0.25, 0.3) is 6.08 Å². The summed E-state index contributed by atoms with van der Waals surface area (Å²) in [6.45, 7) is 0. The summed E-state index contributed by atoms with van der Waals surface area (Å²) in [7, 11) is 0. The molecule has 0 unspecified atom stereocenters. The normalized spacial score (nSPS) is 12.0. The summed E-state index contributed by atoms with van der Waals surface area (Å²) in [4.78, 5) is 25.1. The van der Waals surface area contributed by atoms with Gasteiger partial charge in [0.1, 0.15) is 0 Å². The maximum absolute atomic E-state index is 12.6. The summed E-state index contributed by atoms with van der Waals surface area (Å²) >= 11 is 0. The highest BCUT2D eigenvalue weighted by Gasteiger charge is 2.13. The lowest BCUT2D eigenvalue weighted by Gasteiger charge is -2.06. The van der Waals surface area contributed by atoms with Crippen molar-refractivity contribution >= 4 is 23.3 Å². The summed E-state index contributed by atoms with van der Waals surface area (Å²) < 4.78 is 0. The van der Waals surface area contributed by atoms with Gasteiger partial charge in [-0.2, -0.15) is 0 Å². The second-order valence-electron chi connectivity index (χ2n) is 6.77. The average molecular weight is 353 g/mol. The van der Waals surface area contributed by atoms with Gasteiger partial charge in [-0.3, -0.25) is 9.59 Å². The zero-order chi connectivity index (χ0) is 18.8. The second-order valence-corrected chi connectivity index (χ2v) is 6.77. The van der Waals surface area contributed by atoms with Crippen molar-refractivity contribution in [3.8, 4) is 0 Å². The van der Waals surface area contributed by atoms with E-state index in [1.165, 1.54) is 5.56 Å². The van der Waals surface area contributed by atoms with Crippen molar-refractivity contribution in [2.75, 3.05) is 5.73 Å². The first-order valence-electron chi connectivity index (χ1n) is 8.92. The zero-order valence-electron chi connectivity index (χ0n) is 14.8. The highest BCUT2D eigenvalue weighted by molar-refractivity contribution is 6.09. The summed E-state index contributed by atoms with van der Waals surface area (Å²) in [5, 5.41) is 0. The Balaban J connectivity index is 1.47.